The van der Waals surface area contributed by atoms with E-state index in [9.17, 15) is 10.1 Å². The van der Waals surface area contributed by atoms with Crippen molar-refractivity contribution in [1.82, 2.24) is 4.90 Å². The maximum Gasteiger partial charge on any atom is 0.161 e. The van der Waals surface area contributed by atoms with Gasteiger partial charge in [-0.2, -0.15) is 5.26 Å². The first-order chi connectivity index (χ1) is 9.65. The van der Waals surface area contributed by atoms with Gasteiger partial charge in [-0.15, -0.1) is 11.3 Å². The highest BCUT2D eigenvalue weighted by Gasteiger charge is 2.38. The fourth-order valence-electron chi connectivity index (χ4n) is 3.00. The van der Waals surface area contributed by atoms with E-state index >= 15 is 0 Å². The van der Waals surface area contributed by atoms with E-state index < -0.39 is 0 Å². The van der Waals surface area contributed by atoms with Crippen molar-refractivity contribution in [3.63, 3.8) is 0 Å². The van der Waals surface area contributed by atoms with E-state index in [-0.39, 0.29) is 11.7 Å². The summed E-state index contributed by atoms with van der Waals surface area (Å²) >= 11 is 1.56. The summed E-state index contributed by atoms with van der Waals surface area (Å²) < 4.78 is 0. The number of nitrogens with zero attached hydrogens (tertiary/aromatic N) is 2. The van der Waals surface area contributed by atoms with Gasteiger partial charge < -0.3 is 10.6 Å². The molecule has 0 bridgehead atoms. The molecule has 0 saturated carbocycles. The van der Waals surface area contributed by atoms with E-state index in [4.69, 9.17) is 5.73 Å². The van der Waals surface area contributed by atoms with Crippen molar-refractivity contribution in [2.24, 2.45) is 5.73 Å². The molecule has 0 aromatic carbocycles. The number of allylic oxidation sites excluding steroid dienone is 3. The molecule has 1 aliphatic heterocycles. The van der Waals surface area contributed by atoms with Crippen LogP contribution in [-0.4, -0.2) is 17.7 Å². The summed E-state index contributed by atoms with van der Waals surface area (Å²) in [6.45, 7) is 0. The molecule has 5 heteroatoms. The molecule has 0 amide bonds. The summed E-state index contributed by atoms with van der Waals surface area (Å²) in [5.41, 5.74) is 8.37. The second-order valence-electron chi connectivity index (χ2n) is 5.06. The Labute approximate surface area is 121 Å². The quantitative estimate of drug-likeness (QED) is 0.860. The topological polar surface area (TPSA) is 70.1 Å². The Kier molecular flexibility index (Phi) is 3.11. The van der Waals surface area contributed by atoms with Crippen LogP contribution < -0.4 is 5.73 Å². The highest BCUT2D eigenvalue weighted by molar-refractivity contribution is 7.10. The number of nitriles is 1. The summed E-state index contributed by atoms with van der Waals surface area (Å²) in [5.74, 6) is 0.343. The third kappa shape index (κ3) is 1.76. The Hall–Kier alpha value is -2.06. The van der Waals surface area contributed by atoms with Gasteiger partial charge in [-0.3, -0.25) is 4.79 Å². The lowest BCUT2D eigenvalue weighted by molar-refractivity contribution is -0.116. The number of carbonyl (C=O) groups is 1. The van der Waals surface area contributed by atoms with Gasteiger partial charge in [0.1, 0.15) is 5.82 Å². The van der Waals surface area contributed by atoms with E-state index in [1.807, 2.05) is 29.5 Å². The highest BCUT2D eigenvalue weighted by atomic mass is 32.1. The number of hydrogen-bond acceptors (Lipinski definition) is 5. The number of rotatable bonds is 1. The number of carbonyl (C=O) groups excluding carboxylic acids is 1. The lowest BCUT2D eigenvalue weighted by Crippen LogP contribution is -2.36. The predicted molar refractivity (Wildman–Crippen MR) is 77.5 cm³/mol. The monoisotopic (exact) mass is 285 g/mol. The molecule has 2 heterocycles. The van der Waals surface area contributed by atoms with Crippen molar-refractivity contribution in [3.05, 3.63) is 45.1 Å². The van der Waals surface area contributed by atoms with Gasteiger partial charge in [-0.05, 0) is 24.3 Å². The molecule has 0 saturated heterocycles. The maximum atomic E-state index is 12.4. The van der Waals surface area contributed by atoms with Crippen molar-refractivity contribution in [1.29, 1.82) is 5.26 Å². The molecule has 0 radical (unpaired) electrons. The maximum absolute atomic E-state index is 12.4. The van der Waals surface area contributed by atoms with Crippen LogP contribution in [0, 0.1) is 11.3 Å². The Bertz CT molecular complexity index is 664. The summed E-state index contributed by atoms with van der Waals surface area (Å²) in [5, 5.41) is 11.4. The molecule has 1 aliphatic carbocycles. The fraction of sp³-hybridized carbons (Fsp3) is 0.333. The normalized spacial score (nSPS) is 22.9. The fourth-order valence-corrected chi connectivity index (χ4v) is 3.85. The van der Waals surface area contributed by atoms with Crippen LogP contribution in [0.4, 0.5) is 0 Å². The minimum absolute atomic E-state index is 0.150. The van der Waals surface area contributed by atoms with Crippen LogP contribution in [0.15, 0.2) is 40.2 Å². The van der Waals surface area contributed by atoms with Crippen LogP contribution >= 0.6 is 11.3 Å². The number of hydrogen-bond donors (Lipinski definition) is 1. The number of Topliss-reactive ketones (excluding diaryl/α,β-unsaturated/α-hetero) is 1. The van der Waals surface area contributed by atoms with Gasteiger partial charge in [-0.25, -0.2) is 0 Å². The third-order valence-corrected chi connectivity index (χ3v) is 4.93. The standard InChI is InChI=1S/C15H15N3OS/c1-18-10-4-2-5-11(19)14(10)13(9(8-16)15(18)17)12-6-3-7-20-12/h3,6-7,13H,2,4-5,17H2,1H3/t13-/m0/s1. The van der Waals surface area contributed by atoms with E-state index in [1.54, 1.807) is 11.3 Å². The van der Waals surface area contributed by atoms with E-state index in [2.05, 4.69) is 6.07 Å². The predicted octanol–water partition coefficient (Wildman–Crippen LogP) is 2.48. The molecule has 3 rings (SSSR count). The number of nitrogens with two attached hydrogens (primary N) is 1. The smallest absolute Gasteiger partial charge is 0.161 e. The highest BCUT2D eigenvalue weighted by Crippen LogP contribution is 2.45. The van der Waals surface area contributed by atoms with Crippen LogP contribution in [0.1, 0.15) is 30.1 Å². The molecule has 0 spiro atoms. The molecule has 1 aromatic rings. The molecule has 4 nitrogen and oxygen atoms in total. The zero-order valence-corrected chi connectivity index (χ0v) is 12.0. The van der Waals surface area contributed by atoms with E-state index in [0.717, 1.165) is 29.0 Å². The zero-order valence-electron chi connectivity index (χ0n) is 11.2. The van der Waals surface area contributed by atoms with Gasteiger partial charge in [-0.1, -0.05) is 6.07 Å². The van der Waals surface area contributed by atoms with Gasteiger partial charge in [0.2, 0.25) is 0 Å². The minimum Gasteiger partial charge on any atom is -0.384 e. The Balaban J connectivity index is 2.23. The number of thiophene rings is 1. The Morgan fingerprint density at radius 3 is 2.95 bits per heavy atom. The molecule has 2 aliphatic rings. The van der Waals surface area contributed by atoms with E-state index in [1.165, 1.54) is 0 Å². The van der Waals surface area contributed by atoms with Gasteiger partial charge in [0, 0.05) is 29.6 Å². The van der Waals surface area contributed by atoms with Crippen molar-refractivity contribution in [3.8, 4) is 6.07 Å². The number of ketones is 1. The van der Waals surface area contributed by atoms with E-state index in [0.29, 0.717) is 17.8 Å². The first-order valence-electron chi connectivity index (χ1n) is 6.58. The van der Waals surface area contributed by atoms with Crippen molar-refractivity contribution in [2.45, 2.75) is 25.2 Å². The zero-order chi connectivity index (χ0) is 14.3. The van der Waals surface area contributed by atoms with Crippen LogP contribution in [0.2, 0.25) is 0 Å². The molecule has 2 N–H and O–H groups in total. The molecular formula is C15H15N3OS. The average Bonchev–Trinajstić information content (AvgIpc) is 2.96. The first-order valence-corrected chi connectivity index (χ1v) is 7.46. The molecule has 1 aromatic heterocycles. The second-order valence-corrected chi connectivity index (χ2v) is 6.03. The second kappa shape index (κ2) is 4.80. The summed E-state index contributed by atoms with van der Waals surface area (Å²) in [6, 6.07) is 6.12. The average molecular weight is 285 g/mol. The van der Waals surface area contributed by atoms with Crippen LogP contribution in [0.3, 0.4) is 0 Å². The summed E-state index contributed by atoms with van der Waals surface area (Å²) in [4.78, 5) is 15.2. The SMILES string of the molecule is CN1C(N)=C(C#N)[C@@H](c2cccs2)C2=C1CCCC2=O. The lowest BCUT2D eigenvalue weighted by atomic mass is 9.78. The summed E-state index contributed by atoms with van der Waals surface area (Å²) in [7, 11) is 1.84. The van der Waals surface area contributed by atoms with Gasteiger partial charge in [0.25, 0.3) is 0 Å². The van der Waals surface area contributed by atoms with Crippen LogP contribution in [-0.2, 0) is 4.79 Å². The van der Waals surface area contributed by atoms with Crippen molar-refractivity contribution in [2.75, 3.05) is 7.05 Å². The first kappa shape index (κ1) is 12.9. The Morgan fingerprint density at radius 2 is 2.30 bits per heavy atom. The van der Waals surface area contributed by atoms with Crippen molar-refractivity contribution >= 4 is 17.1 Å². The third-order valence-electron chi connectivity index (χ3n) is 4.00. The van der Waals surface area contributed by atoms with Crippen LogP contribution in [0.25, 0.3) is 0 Å². The molecular weight excluding hydrogens is 270 g/mol. The summed E-state index contributed by atoms with van der Waals surface area (Å²) in [6.07, 6.45) is 2.26. The van der Waals surface area contributed by atoms with Crippen molar-refractivity contribution < 1.29 is 4.79 Å². The van der Waals surface area contributed by atoms with Gasteiger partial charge in [0.15, 0.2) is 5.78 Å². The van der Waals surface area contributed by atoms with Crippen LogP contribution in [0.5, 0.6) is 0 Å². The van der Waals surface area contributed by atoms with Gasteiger partial charge >= 0.3 is 0 Å². The molecule has 0 unspecified atom stereocenters. The molecule has 20 heavy (non-hydrogen) atoms. The largest absolute Gasteiger partial charge is 0.384 e. The molecule has 1 atom stereocenters. The molecule has 102 valence electrons. The van der Waals surface area contributed by atoms with Gasteiger partial charge in [0.05, 0.1) is 17.6 Å². The molecule has 0 fully saturated rings. The Morgan fingerprint density at radius 1 is 1.50 bits per heavy atom. The minimum atomic E-state index is -0.279. The lowest BCUT2D eigenvalue weighted by Gasteiger charge is -2.37.